The van der Waals surface area contributed by atoms with Crippen LogP contribution < -0.4 is 5.32 Å². The second-order valence-corrected chi connectivity index (χ2v) is 7.78. The van der Waals surface area contributed by atoms with Crippen LogP contribution in [0.15, 0.2) is 65.7 Å². The molecule has 0 aromatic heterocycles. The maximum Gasteiger partial charge on any atom is 0.321 e. The first-order valence-corrected chi connectivity index (χ1v) is 10.8. The normalized spacial score (nSPS) is 21.9. The van der Waals surface area contributed by atoms with Crippen molar-refractivity contribution in [3.63, 3.8) is 0 Å². The zero-order chi connectivity index (χ0) is 21.6. The summed E-state index contributed by atoms with van der Waals surface area (Å²) < 4.78 is 5.17. The number of carbonyl (C=O) groups is 2. The fourth-order valence-electron chi connectivity index (χ4n) is 4.08. The Morgan fingerprint density at radius 3 is 2.32 bits per heavy atom. The molecule has 0 unspecified atom stereocenters. The van der Waals surface area contributed by atoms with E-state index in [0.717, 1.165) is 38.3 Å². The van der Waals surface area contributed by atoms with Gasteiger partial charge in [0.05, 0.1) is 6.61 Å². The van der Waals surface area contributed by atoms with Gasteiger partial charge in [-0.05, 0) is 18.1 Å². The molecule has 2 aromatic carbocycles. The molecule has 0 bridgehead atoms. The zero-order valence-corrected chi connectivity index (χ0v) is 17.7. The molecule has 7 heteroatoms. The number of hydrogen-bond donors (Lipinski definition) is 1. The van der Waals surface area contributed by atoms with Gasteiger partial charge in [-0.15, -0.1) is 0 Å². The molecule has 1 N–H and O–H groups in total. The number of esters is 1. The number of nitrogens with zero attached hydrogens (tertiary/aromatic N) is 3. The second-order valence-electron chi connectivity index (χ2n) is 7.78. The molecule has 1 fully saturated rings. The minimum atomic E-state index is -0.981. The Labute approximate surface area is 182 Å². The highest BCUT2D eigenvalue weighted by molar-refractivity contribution is 6.08. The molecule has 2 atom stereocenters. The number of guanidine groups is 1. The van der Waals surface area contributed by atoms with Gasteiger partial charge in [0.1, 0.15) is 6.04 Å². The average molecular weight is 421 g/mol. The summed E-state index contributed by atoms with van der Waals surface area (Å²) in [6.45, 7) is 6.15. The highest BCUT2D eigenvalue weighted by Gasteiger charge is 2.42. The molecular formula is C24H28N4O3. The lowest BCUT2D eigenvalue weighted by Crippen LogP contribution is -2.57. The number of rotatable bonds is 5. The molecule has 31 heavy (non-hydrogen) atoms. The number of benzene rings is 2. The molecule has 0 aliphatic carbocycles. The van der Waals surface area contributed by atoms with Gasteiger partial charge >= 0.3 is 5.97 Å². The Bertz CT molecular complexity index is 924. The van der Waals surface area contributed by atoms with E-state index in [1.165, 1.54) is 5.56 Å². The van der Waals surface area contributed by atoms with Gasteiger partial charge < -0.3 is 9.64 Å². The van der Waals surface area contributed by atoms with E-state index in [1.807, 2.05) is 36.4 Å². The quantitative estimate of drug-likeness (QED) is 0.593. The molecular weight excluding hydrogens is 392 g/mol. The summed E-state index contributed by atoms with van der Waals surface area (Å²) in [5, 5.41) is 2.86. The second kappa shape index (κ2) is 9.75. The molecule has 0 radical (unpaired) electrons. The van der Waals surface area contributed by atoms with E-state index in [1.54, 1.807) is 6.92 Å². The molecule has 1 amide bonds. The summed E-state index contributed by atoms with van der Waals surface area (Å²) in [7, 11) is 0. The van der Waals surface area contributed by atoms with Crippen LogP contribution in [0.25, 0.3) is 0 Å². The monoisotopic (exact) mass is 420 g/mol. The summed E-state index contributed by atoms with van der Waals surface area (Å²) in [6.07, 6.45) is 0. The largest absolute Gasteiger partial charge is 0.465 e. The van der Waals surface area contributed by atoms with Crippen LogP contribution in [-0.2, 0) is 20.9 Å². The van der Waals surface area contributed by atoms with E-state index in [0.29, 0.717) is 5.96 Å². The van der Waals surface area contributed by atoms with Crippen molar-refractivity contribution in [2.75, 3.05) is 32.8 Å². The maximum absolute atomic E-state index is 12.9. The van der Waals surface area contributed by atoms with Crippen molar-refractivity contribution in [3.8, 4) is 0 Å². The van der Waals surface area contributed by atoms with Gasteiger partial charge in [0.2, 0.25) is 11.9 Å². The predicted molar refractivity (Wildman–Crippen MR) is 118 cm³/mol. The predicted octanol–water partition coefficient (Wildman–Crippen LogP) is 2.21. The summed E-state index contributed by atoms with van der Waals surface area (Å²) >= 11 is 0. The van der Waals surface area contributed by atoms with Gasteiger partial charge in [-0.3, -0.25) is 19.8 Å². The van der Waals surface area contributed by atoms with Crippen molar-refractivity contribution >= 4 is 17.8 Å². The van der Waals surface area contributed by atoms with Crippen molar-refractivity contribution < 1.29 is 14.3 Å². The minimum Gasteiger partial charge on any atom is -0.465 e. The van der Waals surface area contributed by atoms with E-state index >= 15 is 0 Å². The van der Waals surface area contributed by atoms with Gasteiger partial charge in [0.15, 0.2) is 5.92 Å². The number of amides is 1. The van der Waals surface area contributed by atoms with E-state index in [2.05, 4.69) is 39.4 Å². The molecule has 7 nitrogen and oxygen atoms in total. The first-order valence-electron chi connectivity index (χ1n) is 10.8. The van der Waals surface area contributed by atoms with Crippen molar-refractivity contribution in [1.82, 2.24) is 15.1 Å². The maximum atomic E-state index is 12.9. The molecule has 2 aliphatic rings. The molecule has 162 valence electrons. The highest BCUT2D eigenvalue weighted by atomic mass is 16.5. The van der Waals surface area contributed by atoms with Crippen LogP contribution in [0.5, 0.6) is 0 Å². The van der Waals surface area contributed by atoms with E-state index in [4.69, 9.17) is 9.73 Å². The molecule has 4 rings (SSSR count). The third-order valence-corrected chi connectivity index (χ3v) is 5.70. The van der Waals surface area contributed by atoms with Crippen LogP contribution in [0.4, 0.5) is 0 Å². The summed E-state index contributed by atoms with van der Waals surface area (Å²) in [5.41, 5.74) is 2.12. The van der Waals surface area contributed by atoms with Crippen LogP contribution in [0.3, 0.4) is 0 Å². The number of carbonyl (C=O) groups excluding carboxylic acids is 2. The lowest BCUT2D eigenvalue weighted by Gasteiger charge is -2.39. The Morgan fingerprint density at radius 1 is 1.03 bits per heavy atom. The third kappa shape index (κ3) is 4.94. The van der Waals surface area contributed by atoms with E-state index in [-0.39, 0.29) is 12.5 Å². The lowest BCUT2D eigenvalue weighted by molar-refractivity contribution is -0.153. The number of hydrogen-bond acceptors (Lipinski definition) is 6. The summed E-state index contributed by atoms with van der Waals surface area (Å²) in [6, 6.07) is 19.3. The first kappa shape index (κ1) is 21.1. The Morgan fingerprint density at radius 2 is 1.68 bits per heavy atom. The van der Waals surface area contributed by atoms with E-state index in [9.17, 15) is 9.59 Å². The van der Waals surface area contributed by atoms with Gasteiger partial charge in [-0.2, -0.15) is 0 Å². The molecule has 2 heterocycles. The standard InChI is InChI=1S/C24H28N4O3/c1-2-31-23(30)20-21(19-11-7-4-8-12-19)25-24(26-22(20)29)28-15-13-27(14-16-28)17-18-9-5-3-6-10-18/h3-12,20-21H,2,13-17H2,1H3,(H,25,26,29)/t20-,21-/m0/s1. The fourth-order valence-corrected chi connectivity index (χ4v) is 4.08. The highest BCUT2D eigenvalue weighted by Crippen LogP contribution is 2.30. The van der Waals surface area contributed by atoms with Gasteiger partial charge in [-0.25, -0.2) is 4.99 Å². The smallest absolute Gasteiger partial charge is 0.321 e. The Kier molecular flexibility index (Phi) is 6.62. The third-order valence-electron chi connectivity index (χ3n) is 5.70. The topological polar surface area (TPSA) is 74.2 Å². The number of piperazine rings is 1. The summed E-state index contributed by atoms with van der Waals surface area (Å²) in [5.74, 6) is -1.34. The molecule has 1 saturated heterocycles. The zero-order valence-electron chi connectivity index (χ0n) is 17.7. The average Bonchev–Trinajstić information content (AvgIpc) is 2.80. The van der Waals surface area contributed by atoms with Crippen molar-refractivity contribution in [3.05, 3.63) is 71.8 Å². The minimum absolute atomic E-state index is 0.226. The van der Waals surface area contributed by atoms with Crippen molar-refractivity contribution in [2.45, 2.75) is 19.5 Å². The van der Waals surface area contributed by atoms with Crippen LogP contribution in [0.2, 0.25) is 0 Å². The van der Waals surface area contributed by atoms with E-state index < -0.39 is 17.9 Å². The summed E-state index contributed by atoms with van der Waals surface area (Å²) in [4.78, 5) is 34.7. The van der Waals surface area contributed by atoms with Crippen LogP contribution in [-0.4, -0.2) is 60.4 Å². The van der Waals surface area contributed by atoms with Gasteiger partial charge in [0.25, 0.3) is 0 Å². The number of ether oxygens (including phenoxy) is 1. The molecule has 2 aliphatic heterocycles. The van der Waals surface area contributed by atoms with Crippen molar-refractivity contribution in [1.29, 1.82) is 0 Å². The Balaban J connectivity index is 1.49. The SMILES string of the molecule is CCOC(=O)[C@@H]1C(=O)NC(N2CCN(Cc3ccccc3)CC2)=N[C@H]1c1ccccc1. The number of aliphatic imine (C=N–C) groups is 1. The fraction of sp³-hybridized carbons (Fsp3) is 0.375. The van der Waals surface area contributed by atoms with Crippen LogP contribution >= 0.6 is 0 Å². The first-order chi connectivity index (χ1) is 15.2. The lowest BCUT2D eigenvalue weighted by atomic mass is 9.91. The number of nitrogens with one attached hydrogen (secondary N) is 1. The molecule has 0 spiro atoms. The molecule has 2 aromatic rings. The van der Waals surface area contributed by atoms with Crippen molar-refractivity contribution in [2.24, 2.45) is 10.9 Å². The van der Waals surface area contributed by atoms with Crippen LogP contribution in [0.1, 0.15) is 24.1 Å². The molecule has 0 saturated carbocycles. The van der Waals surface area contributed by atoms with Crippen LogP contribution in [0, 0.1) is 5.92 Å². The Hall–Kier alpha value is -3.19. The van der Waals surface area contributed by atoms with Gasteiger partial charge in [-0.1, -0.05) is 60.7 Å². The van der Waals surface area contributed by atoms with Gasteiger partial charge in [0, 0.05) is 32.7 Å².